The van der Waals surface area contributed by atoms with E-state index in [0.29, 0.717) is 28.4 Å². The number of anilines is 4. The maximum absolute atomic E-state index is 12.6. The number of hydrogen-bond donors (Lipinski definition) is 3. The standard InChI is InChI=1S/C30H38N8O2/c1-20-4-3-13-32-24(20)25-28(34-22-9-11-30(12-10-22)18-40-19-30)36-29(26(35-25)27(31)39)33-21-5-7-23(8-6-21)38-16-14-37(2)15-17-38/h3-8,13,22H,9-12,14-19H2,1-2H3,(H2,31,39)(H2,33,34,36). The Balaban J connectivity index is 1.29. The topological polar surface area (TPSA) is 122 Å². The van der Waals surface area contributed by atoms with Crippen LogP contribution in [0.2, 0.25) is 0 Å². The van der Waals surface area contributed by atoms with Crippen molar-refractivity contribution >= 4 is 28.9 Å². The van der Waals surface area contributed by atoms with E-state index in [1.54, 1.807) is 6.20 Å². The van der Waals surface area contributed by atoms with Crippen molar-refractivity contribution in [1.29, 1.82) is 0 Å². The molecule has 3 aromatic rings. The van der Waals surface area contributed by atoms with Gasteiger partial charge in [-0.25, -0.2) is 9.97 Å². The molecule has 4 N–H and O–H groups in total. The molecule has 2 saturated heterocycles. The minimum Gasteiger partial charge on any atom is -0.380 e. The van der Waals surface area contributed by atoms with Crippen LogP contribution in [-0.4, -0.2) is 78.2 Å². The lowest BCUT2D eigenvalue weighted by atomic mass is 9.71. The smallest absolute Gasteiger partial charge is 0.271 e. The van der Waals surface area contributed by atoms with Gasteiger partial charge in [-0.15, -0.1) is 0 Å². The van der Waals surface area contributed by atoms with E-state index in [2.05, 4.69) is 44.6 Å². The number of carbonyl (C=O) groups is 1. The average molecular weight is 543 g/mol. The summed E-state index contributed by atoms with van der Waals surface area (Å²) in [7, 11) is 2.15. The minimum atomic E-state index is -0.643. The summed E-state index contributed by atoms with van der Waals surface area (Å²) in [6.07, 6.45) is 6.03. The van der Waals surface area contributed by atoms with Crippen molar-refractivity contribution in [3.63, 3.8) is 0 Å². The number of pyridine rings is 1. The van der Waals surface area contributed by atoms with Crippen molar-refractivity contribution in [2.75, 3.05) is 62.0 Å². The second kappa shape index (κ2) is 11.0. The largest absolute Gasteiger partial charge is 0.380 e. The summed E-state index contributed by atoms with van der Waals surface area (Å²) in [5, 5.41) is 6.97. The maximum atomic E-state index is 12.6. The number of carbonyl (C=O) groups excluding carboxylic acids is 1. The van der Waals surface area contributed by atoms with Gasteiger partial charge in [-0.2, -0.15) is 0 Å². The molecule has 4 heterocycles. The Morgan fingerprint density at radius 2 is 1.73 bits per heavy atom. The van der Waals surface area contributed by atoms with Gasteiger partial charge in [0.1, 0.15) is 5.69 Å². The van der Waals surface area contributed by atoms with Crippen LogP contribution in [0.1, 0.15) is 41.7 Å². The fraction of sp³-hybridized carbons (Fsp3) is 0.467. The monoisotopic (exact) mass is 542 g/mol. The average Bonchev–Trinajstić information content (AvgIpc) is 2.94. The minimum absolute atomic E-state index is 0.0861. The van der Waals surface area contributed by atoms with Crippen LogP contribution in [0, 0.1) is 12.3 Å². The molecular formula is C30H38N8O2. The number of rotatable bonds is 7. The van der Waals surface area contributed by atoms with Crippen LogP contribution < -0.4 is 21.3 Å². The van der Waals surface area contributed by atoms with Gasteiger partial charge in [0.15, 0.2) is 17.3 Å². The summed E-state index contributed by atoms with van der Waals surface area (Å²) in [6.45, 7) is 7.81. The number of hydrogen-bond acceptors (Lipinski definition) is 9. The van der Waals surface area contributed by atoms with Gasteiger partial charge in [-0.3, -0.25) is 9.78 Å². The summed E-state index contributed by atoms with van der Waals surface area (Å²) < 4.78 is 5.51. The van der Waals surface area contributed by atoms with E-state index in [9.17, 15) is 4.79 Å². The molecule has 2 aliphatic heterocycles. The maximum Gasteiger partial charge on any atom is 0.271 e. The molecular weight excluding hydrogens is 504 g/mol. The van der Waals surface area contributed by atoms with E-state index < -0.39 is 5.91 Å². The predicted molar refractivity (Wildman–Crippen MR) is 157 cm³/mol. The van der Waals surface area contributed by atoms with Crippen LogP contribution in [0.4, 0.5) is 23.0 Å². The molecule has 0 radical (unpaired) electrons. The number of ether oxygens (including phenoxy) is 1. The fourth-order valence-corrected chi connectivity index (χ4v) is 5.90. The highest BCUT2D eigenvalue weighted by Crippen LogP contribution is 2.43. The van der Waals surface area contributed by atoms with E-state index in [0.717, 1.165) is 76.3 Å². The van der Waals surface area contributed by atoms with Gasteiger partial charge in [0.2, 0.25) is 0 Å². The first-order valence-electron chi connectivity index (χ1n) is 14.2. The number of likely N-dealkylation sites (N-methyl/N-ethyl adjacent to an activating group) is 1. The van der Waals surface area contributed by atoms with Crippen LogP contribution in [0.15, 0.2) is 42.6 Å². The molecule has 0 unspecified atom stereocenters. The number of aryl methyl sites for hydroxylation is 1. The zero-order valence-corrected chi connectivity index (χ0v) is 23.3. The lowest BCUT2D eigenvalue weighted by Crippen LogP contribution is -2.47. The van der Waals surface area contributed by atoms with Crippen LogP contribution in [0.25, 0.3) is 11.4 Å². The molecule has 1 aliphatic carbocycles. The molecule has 0 bridgehead atoms. The van der Waals surface area contributed by atoms with Crippen LogP contribution in [-0.2, 0) is 4.74 Å². The first-order chi connectivity index (χ1) is 19.4. The van der Waals surface area contributed by atoms with Crippen LogP contribution in [0.3, 0.4) is 0 Å². The number of amides is 1. The summed E-state index contributed by atoms with van der Waals surface area (Å²) >= 11 is 0. The van der Waals surface area contributed by atoms with Gasteiger partial charge in [-0.05, 0) is 75.5 Å². The van der Waals surface area contributed by atoms with E-state index in [1.807, 2.05) is 31.2 Å². The predicted octanol–water partition coefficient (Wildman–Crippen LogP) is 3.81. The summed E-state index contributed by atoms with van der Waals surface area (Å²) in [4.78, 5) is 31.6. The van der Waals surface area contributed by atoms with Crippen molar-refractivity contribution in [3.8, 4) is 11.4 Å². The molecule has 3 fully saturated rings. The fourth-order valence-electron chi connectivity index (χ4n) is 5.90. The Labute approximate surface area is 235 Å². The molecule has 1 amide bonds. The Kier molecular flexibility index (Phi) is 7.29. The van der Waals surface area contributed by atoms with Gasteiger partial charge >= 0.3 is 0 Å². The van der Waals surface area contributed by atoms with E-state index in [1.165, 1.54) is 5.69 Å². The third-order valence-corrected chi connectivity index (χ3v) is 8.57. The molecule has 2 aromatic heterocycles. The van der Waals surface area contributed by atoms with Gasteiger partial charge in [0, 0.05) is 55.2 Å². The summed E-state index contributed by atoms with van der Waals surface area (Å²) in [5.41, 5.74) is 10.4. The lowest BCUT2D eigenvalue weighted by Gasteiger charge is -2.46. The summed E-state index contributed by atoms with van der Waals surface area (Å²) in [6, 6.07) is 12.3. The van der Waals surface area contributed by atoms with Gasteiger partial charge < -0.3 is 30.9 Å². The first kappa shape index (κ1) is 26.5. The van der Waals surface area contributed by atoms with Gasteiger partial charge in [0.05, 0.1) is 18.9 Å². The van der Waals surface area contributed by atoms with Crippen molar-refractivity contribution in [2.45, 2.75) is 38.6 Å². The van der Waals surface area contributed by atoms with E-state index in [4.69, 9.17) is 20.4 Å². The number of aromatic nitrogens is 3. The van der Waals surface area contributed by atoms with Gasteiger partial charge in [-0.1, -0.05) is 6.07 Å². The van der Waals surface area contributed by atoms with Gasteiger partial charge in [0.25, 0.3) is 5.91 Å². The molecule has 0 atom stereocenters. The highest BCUT2D eigenvalue weighted by Gasteiger charge is 2.41. The van der Waals surface area contributed by atoms with Crippen molar-refractivity contribution in [3.05, 3.63) is 53.9 Å². The third kappa shape index (κ3) is 5.46. The number of benzene rings is 1. The SMILES string of the molecule is Cc1cccnc1-c1nc(C(N)=O)c(Nc2ccc(N3CCN(C)CC3)cc2)nc1NC1CCC2(CC1)COC2. The van der Waals surface area contributed by atoms with Crippen molar-refractivity contribution in [2.24, 2.45) is 11.1 Å². The van der Waals surface area contributed by atoms with Crippen molar-refractivity contribution in [1.82, 2.24) is 19.9 Å². The molecule has 40 heavy (non-hydrogen) atoms. The van der Waals surface area contributed by atoms with E-state index in [-0.39, 0.29) is 11.7 Å². The number of nitrogens with zero attached hydrogens (tertiary/aromatic N) is 5. The lowest BCUT2D eigenvalue weighted by molar-refractivity contribution is -0.131. The third-order valence-electron chi connectivity index (χ3n) is 8.57. The Morgan fingerprint density at radius 1 is 1.00 bits per heavy atom. The summed E-state index contributed by atoms with van der Waals surface area (Å²) in [5.74, 6) is 0.295. The molecule has 1 spiro atoms. The Bertz CT molecular complexity index is 1360. The van der Waals surface area contributed by atoms with Crippen molar-refractivity contribution < 1.29 is 9.53 Å². The molecule has 1 saturated carbocycles. The normalized spacial score (nSPS) is 19.3. The molecule has 10 heteroatoms. The highest BCUT2D eigenvalue weighted by molar-refractivity contribution is 5.97. The zero-order chi connectivity index (χ0) is 27.7. The number of primary amides is 1. The number of nitrogens with one attached hydrogen (secondary N) is 2. The van der Waals surface area contributed by atoms with E-state index >= 15 is 0 Å². The second-order valence-corrected chi connectivity index (χ2v) is 11.5. The quantitative estimate of drug-likeness (QED) is 0.409. The Morgan fingerprint density at radius 3 is 2.35 bits per heavy atom. The molecule has 6 rings (SSSR count). The molecule has 3 aliphatic rings. The second-order valence-electron chi connectivity index (χ2n) is 11.5. The molecule has 10 nitrogen and oxygen atoms in total. The zero-order valence-electron chi connectivity index (χ0n) is 23.3. The van der Waals surface area contributed by atoms with Crippen LogP contribution >= 0.6 is 0 Å². The Hall–Kier alpha value is -3.76. The number of nitrogens with two attached hydrogens (primary N) is 1. The highest BCUT2D eigenvalue weighted by atomic mass is 16.5. The molecule has 210 valence electrons. The number of piperazine rings is 1. The van der Waals surface area contributed by atoms with Crippen LogP contribution in [0.5, 0.6) is 0 Å². The molecule has 1 aromatic carbocycles. The first-order valence-corrected chi connectivity index (χ1v) is 14.2.